The fraction of sp³-hybridized carbons (Fsp3) is 0.273. The predicted octanol–water partition coefficient (Wildman–Crippen LogP) is 1.52. The minimum Gasteiger partial charge on any atom is -0.299 e. The van der Waals surface area contributed by atoms with Crippen LogP contribution in [-0.2, 0) is 14.4 Å². The summed E-state index contributed by atoms with van der Waals surface area (Å²) in [7, 11) is 0. The van der Waals surface area contributed by atoms with Gasteiger partial charge < -0.3 is 0 Å². The van der Waals surface area contributed by atoms with Gasteiger partial charge in [-0.1, -0.05) is 30.3 Å². The van der Waals surface area contributed by atoms with Gasteiger partial charge in [-0.25, -0.2) is 4.84 Å². The number of benzene rings is 1. The number of hydrogen-bond donors (Lipinski definition) is 0. The van der Waals surface area contributed by atoms with Gasteiger partial charge in [-0.2, -0.15) is 0 Å². The number of rotatable bonds is 5. The van der Waals surface area contributed by atoms with E-state index in [2.05, 4.69) is 9.81 Å². The molecule has 0 aliphatic rings. The summed E-state index contributed by atoms with van der Waals surface area (Å²) in [6.07, 6.45) is 0. The second-order valence-electron chi connectivity index (χ2n) is 3.69. The zero-order valence-corrected chi connectivity index (χ0v) is 9.92. The van der Waals surface area contributed by atoms with Gasteiger partial charge >= 0.3 is 17.1 Å². The summed E-state index contributed by atoms with van der Waals surface area (Å²) in [5, 5.41) is 17.8. The van der Waals surface area contributed by atoms with E-state index in [1.807, 2.05) is 0 Å². The van der Waals surface area contributed by atoms with Gasteiger partial charge in [0.2, 0.25) is 5.39 Å². The number of diazo groups is 1. The molecule has 0 fully saturated rings. The zero-order valence-electron chi connectivity index (χ0n) is 9.92. The Bertz CT molecular complexity index is 537. The highest BCUT2D eigenvalue weighted by atomic mass is 17.0. The Morgan fingerprint density at radius 1 is 1.37 bits per heavy atom. The van der Waals surface area contributed by atoms with Crippen molar-refractivity contribution in [1.82, 2.24) is 0 Å². The number of Topliss-reactive ketones (excluding diaryl/α,β-unsaturated/α-hetero) is 1. The summed E-state index contributed by atoms with van der Waals surface area (Å²) in [5.41, 5.74) is 0.366. The third-order valence-electron chi connectivity index (χ3n) is 2.44. The third-order valence-corrected chi connectivity index (χ3v) is 2.44. The maximum absolute atomic E-state index is 11.5. The molecule has 0 amide bonds. The van der Waals surface area contributed by atoms with E-state index in [9.17, 15) is 19.7 Å². The molecule has 0 N–H and O–H groups in total. The van der Waals surface area contributed by atoms with Gasteiger partial charge in [-0.05, 0) is 6.92 Å². The van der Waals surface area contributed by atoms with Crippen LogP contribution in [0.5, 0.6) is 0 Å². The molecular weight excluding hydrogens is 254 g/mol. The van der Waals surface area contributed by atoms with Gasteiger partial charge in [0.15, 0.2) is 11.7 Å². The van der Waals surface area contributed by atoms with Gasteiger partial charge in [-0.15, -0.1) is 10.1 Å². The molecule has 1 aromatic rings. The average Bonchev–Trinajstić information content (AvgIpc) is 2.35. The highest BCUT2D eigenvalue weighted by molar-refractivity contribution is 5.98. The number of carbonyl (C=O) groups excluding carboxylic acids is 2. The Kier molecular flexibility index (Phi) is 4.65. The summed E-state index contributed by atoms with van der Waals surface area (Å²) in [6.45, 7) is 1.06. The molecule has 0 bridgehead atoms. The Balaban J connectivity index is 3.10. The number of carbonyl (C=O) groups is 2. The first-order valence-electron chi connectivity index (χ1n) is 5.23. The van der Waals surface area contributed by atoms with Crippen molar-refractivity contribution in [2.75, 3.05) is 0 Å². The lowest BCUT2D eigenvalue weighted by atomic mass is 9.91. The van der Waals surface area contributed by atoms with Crippen molar-refractivity contribution in [3.05, 3.63) is 51.0 Å². The molecule has 0 aliphatic heterocycles. The maximum Gasteiger partial charge on any atom is 0.357 e. The highest BCUT2D eigenvalue weighted by Crippen LogP contribution is 2.28. The van der Waals surface area contributed by atoms with E-state index < -0.39 is 28.8 Å². The van der Waals surface area contributed by atoms with Crippen LogP contribution in [0.1, 0.15) is 18.5 Å². The SMILES string of the molecule is CC(=O)C(C(=O)O[N+](=O)[O-])C([N+]#N)c1ccccc1. The molecule has 0 heterocycles. The van der Waals surface area contributed by atoms with Crippen LogP contribution >= 0.6 is 0 Å². The van der Waals surface area contributed by atoms with Crippen molar-refractivity contribution in [2.24, 2.45) is 5.92 Å². The van der Waals surface area contributed by atoms with E-state index in [0.29, 0.717) is 5.56 Å². The summed E-state index contributed by atoms with van der Waals surface area (Å²) >= 11 is 0. The Hall–Kier alpha value is -2.82. The van der Waals surface area contributed by atoms with Gasteiger partial charge in [0.1, 0.15) is 4.98 Å². The standard InChI is InChI=1S/C11H10N3O5/c1-7(15)9(11(16)19-14(17)18)10(13-12)8-5-3-2-4-6-8/h2-6,9-10H,1H3/q+1. The molecule has 0 aliphatic carbocycles. The fourth-order valence-electron chi connectivity index (χ4n) is 1.62. The summed E-state index contributed by atoms with van der Waals surface area (Å²) in [6, 6.07) is 6.73. The average molecular weight is 264 g/mol. The number of hydrogen-bond acceptors (Lipinski definition) is 6. The minimum atomic E-state index is -1.57. The van der Waals surface area contributed by atoms with Gasteiger partial charge in [0.05, 0.1) is 0 Å². The lowest BCUT2D eigenvalue weighted by Crippen LogP contribution is -2.30. The zero-order chi connectivity index (χ0) is 14.4. The molecule has 0 radical (unpaired) electrons. The van der Waals surface area contributed by atoms with Gasteiger partial charge in [-0.3, -0.25) is 9.59 Å². The van der Waals surface area contributed by atoms with E-state index in [1.165, 1.54) is 12.1 Å². The predicted molar refractivity (Wildman–Crippen MR) is 61.5 cm³/mol. The first kappa shape index (κ1) is 14.2. The first-order chi connectivity index (χ1) is 8.97. The summed E-state index contributed by atoms with van der Waals surface area (Å²) < 4.78 is 0. The third kappa shape index (κ3) is 3.57. The maximum atomic E-state index is 11.5. The minimum absolute atomic E-state index is 0.366. The Morgan fingerprint density at radius 3 is 2.37 bits per heavy atom. The molecule has 1 rings (SSSR count). The molecule has 0 aromatic heterocycles. The van der Waals surface area contributed by atoms with Crippen LogP contribution in [0.2, 0.25) is 0 Å². The van der Waals surface area contributed by atoms with Gasteiger partial charge in [0.25, 0.3) is 0 Å². The van der Waals surface area contributed by atoms with E-state index in [0.717, 1.165) is 6.92 Å². The Morgan fingerprint density at radius 2 is 1.95 bits per heavy atom. The normalized spacial score (nSPS) is 12.8. The van der Waals surface area contributed by atoms with E-state index in [4.69, 9.17) is 5.39 Å². The summed E-state index contributed by atoms with van der Waals surface area (Å²) in [4.78, 5) is 39.8. The van der Waals surface area contributed by atoms with Crippen molar-refractivity contribution in [2.45, 2.75) is 13.0 Å². The number of ketones is 1. The molecule has 2 atom stereocenters. The number of nitrogens with zero attached hydrogens (tertiary/aromatic N) is 3. The molecule has 1 aromatic carbocycles. The molecule has 0 saturated carbocycles. The molecule has 19 heavy (non-hydrogen) atoms. The largest absolute Gasteiger partial charge is 0.357 e. The molecule has 0 saturated heterocycles. The van der Waals surface area contributed by atoms with Crippen molar-refractivity contribution >= 4 is 11.8 Å². The molecule has 0 spiro atoms. The molecule has 98 valence electrons. The Labute approximate surface area is 107 Å². The van der Waals surface area contributed by atoms with Crippen LogP contribution in [0.3, 0.4) is 0 Å². The van der Waals surface area contributed by atoms with Crippen LogP contribution < -0.4 is 0 Å². The van der Waals surface area contributed by atoms with Crippen LogP contribution in [0.25, 0.3) is 4.98 Å². The molecular formula is C11H10N3O5+. The van der Waals surface area contributed by atoms with Crippen LogP contribution in [0, 0.1) is 21.4 Å². The monoisotopic (exact) mass is 264 g/mol. The lowest BCUT2D eigenvalue weighted by Gasteiger charge is -2.09. The second kappa shape index (κ2) is 6.20. The van der Waals surface area contributed by atoms with Crippen molar-refractivity contribution in [3.63, 3.8) is 0 Å². The van der Waals surface area contributed by atoms with Crippen LogP contribution in [0.4, 0.5) is 0 Å². The fourth-order valence-corrected chi connectivity index (χ4v) is 1.62. The smallest absolute Gasteiger partial charge is 0.299 e. The van der Waals surface area contributed by atoms with Crippen molar-refractivity contribution in [1.29, 1.82) is 5.39 Å². The van der Waals surface area contributed by atoms with Crippen molar-refractivity contribution < 1.29 is 19.5 Å². The van der Waals surface area contributed by atoms with E-state index in [-0.39, 0.29) is 0 Å². The molecule has 8 heteroatoms. The lowest BCUT2D eigenvalue weighted by molar-refractivity contribution is -0.730. The highest BCUT2D eigenvalue weighted by Gasteiger charge is 2.44. The molecule has 8 nitrogen and oxygen atoms in total. The second-order valence-corrected chi connectivity index (χ2v) is 3.69. The summed E-state index contributed by atoms with van der Waals surface area (Å²) in [5.74, 6) is -3.64. The quantitative estimate of drug-likeness (QED) is 0.344. The van der Waals surface area contributed by atoms with E-state index >= 15 is 0 Å². The van der Waals surface area contributed by atoms with Gasteiger partial charge in [0, 0.05) is 5.56 Å². The van der Waals surface area contributed by atoms with E-state index in [1.54, 1.807) is 18.2 Å². The van der Waals surface area contributed by atoms with Crippen LogP contribution in [-0.4, -0.2) is 16.8 Å². The first-order valence-corrected chi connectivity index (χ1v) is 5.23. The molecule has 2 unspecified atom stereocenters. The van der Waals surface area contributed by atoms with Crippen LogP contribution in [0.15, 0.2) is 30.3 Å². The topological polar surface area (TPSA) is 115 Å². The van der Waals surface area contributed by atoms with Crippen molar-refractivity contribution in [3.8, 4) is 0 Å².